The molecule has 3 nitrogen and oxygen atoms in total. The van der Waals surface area contributed by atoms with E-state index >= 15 is 0 Å². The monoisotopic (exact) mass is 309 g/mol. The first-order valence-corrected chi connectivity index (χ1v) is 8.39. The van der Waals surface area contributed by atoms with Crippen LogP contribution in [0, 0.1) is 0 Å². The molecule has 1 heterocycles. The van der Waals surface area contributed by atoms with Crippen LogP contribution in [0.5, 0.6) is 0 Å². The Bertz CT molecular complexity index is 421. The van der Waals surface area contributed by atoms with Crippen LogP contribution >= 0.6 is 11.6 Å². The van der Waals surface area contributed by atoms with Gasteiger partial charge in [0.25, 0.3) is 0 Å². The number of halogens is 1. The summed E-state index contributed by atoms with van der Waals surface area (Å²) in [5, 5.41) is 4.41. The molecule has 1 N–H and O–H groups in total. The molecule has 0 saturated carbocycles. The summed E-state index contributed by atoms with van der Waals surface area (Å²) in [5.41, 5.74) is 1.34. The van der Waals surface area contributed by atoms with Crippen molar-refractivity contribution in [1.29, 1.82) is 0 Å². The molecule has 0 radical (unpaired) electrons. The maximum Gasteiger partial charge on any atom is 0.0406 e. The molecular formula is C17H28ClN3. The van der Waals surface area contributed by atoms with Gasteiger partial charge in [-0.15, -0.1) is 0 Å². The topological polar surface area (TPSA) is 18.5 Å². The number of nitrogens with zero attached hydrogens (tertiary/aromatic N) is 2. The average Bonchev–Trinajstić information content (AvgIpc) is 2.48. The molecule has 118 valence electrons. The van der Waals surface area contributed by atoms with E-state index in [4.69, 9.17) is 11.6 Å². The Morgan fingerprint density at radius 3 is 2.62 bits per heavy atom. The Morgan fingerprint density at radius 2 is 2.00 bits per heavy atom. The molecule has 1 aromatic carbocycles. The van der Waals surface area contributed by atoms with Crippen molar-refractivity contribution >= 4 is 11.6 Å². The van der Waals surface area contributed by atoms with Gasteiger partial charge in [-0.3, -0.25) is 0 Å². The van der Waals surface area contributed by atoms with E-state index < -0.39 is 0 Å². The SMILES string of the molecule is CCNC(CCN1CCN(C)C(C)C1)c1ccc(Cl)cc1. The summed E-state index contributed by atoms with van der Waals surface area (Å²) < 4.78 is 0. The van der Waals surface area contributed by atoms with Crippen molar-refractivity contribution in [1.82, 2.24) is 15.1 Å². The van der Waals surface area contributed by atoms with Crippen LogP contribution in [0.4, 0.5) is 0 Å². The highest BCUT2D eigenvalue weighted by molar-refractivity contribution is 6.30. The zero-order valence-electron chi connectivity index (χ0n) is 13.5. The van der Waals surface area contributed by atoms with Crippen LogP contribution in [-0.4, -0.2) is 55.6 Å². The van der Waals surface area contributed by atoms with Crippen molar-refractivity contribution < 1.29 is 0 Å². The zero-order chi connectivity index (χ0) is 15.2. The first kappa shape index (κ1) is 16.8. The van der Waals surface area contributed by atoms with E-state index in [1.54, 1.807) is 0 Å². The van der Waals surface area contributed by atoms with Crippen molar-refractivity contribution in [3.8, 4) is 0 Å². The smallest absolute Gasteiger partial charge is 0.0406 e. The first-order valence-electron chi connectivity index (χ1n) is 8.01. The minimum Gasteiger partial charge on any atom is -0.310 e. The van der Waals surface area contributed by atoms with E-state index in [9.17, 15) is 0 Å². The van der Waals surface area contributed by atoms with Crippen LogP contribution in [0.25, 0.3) is 0 Å². The Kier molecular flexibility index (Phi) is 6.49. The molecule has 2 unspecified atom stereocenters. The molecular weight excluding hydrogens is 282 g/mol. The molecule has 2 rings (SSSR count). The molecule has 1 saturated heterocycles. The Hall–Kier alpha value is -0.610. The van der Waals surface area contributed by atoms with Gasteiger partial charge in [-0.1, -0.05) is 30.7 Å². The van der Waals surface area contributed by atoms with E-state index in [1.807, 2.05) is 12.1 Å². The van der Waals surface area contributed by atoms with E-state index in [2.05, 4.69) is 48.1 Å². The van der Waals surface area contributed by atoms with Crippen molar-refractivity contribution in [2.75, 3.05) is 39.8 Å². The highest BCUT2D eigenvalue weighted by Gasteiger charge is 2.21. The van der Waals surface area contributed by atoms with Gasteiger partial charge in [0.1, 0.15) is 0 Å². The largest absolute Gasteiger partial charge is 0.310 e. The third-order valence-electron chi connectivity index (χ3n) is 4.50. The number of hydrogen-bond acceptors (Lipinski definition) is 3. The number of piperazine rings is 1. The van der Waals surface area contributed by atoms with Gasteiger partial charge >= 0.3 is 0 Å². The van der Waals surface area contributed by atoms with Crippen LogP contribution in [0.3, 0.4) is 0 Å². The van der Waals surface area contributed by atoms with Crippen molar-refractivity contribution in [3.63, 3.8) is 0 Å². The van der Waals surface area contributed by atoms with Gasteiger partial charge < -0.3 is 15.1 Å². The molecule has 0 aliphatic carbocycles. The molecule has 1 fully saturated rings. The Morgan fingerprint density at radius 1 is 1.29 bits per heavy atom. The molecule has 1 aromatic rings. The molecule has 4 heteroatoms. The summed E-state index contributed by atoms with van der Waals surface area (Å²) in [6, 6.07) is 9.33. The fraction of sp³-hybridized carbons (Fsp3) is 0.647. The van der Waals surface area contributed by atoms with Crippen molar-refractivity contribution in [2.24, 2.45) is 0 Å². The van der Waals surface area contributed by atoms with E-state index in [0.29, 0.717) is 12.1 Å². The summed E-state index contributed by atoms with van der Waals surface area (Å²) in [6.45, 7) is 10.2. The lowest BCUT2D eigenvalue weighted by molar-refractivity contribution is 0.102. The van der Waals surface area contributed by atoms with Crippen LogP contribution in [0.1, 0.15) is 31.9 Å². The van der Waals surface area contributed by atoms with Crippen LogP contribution in [-0.2, 0) is 0 Å². The zero-order valence-corrected chi connectivity index (χ0v) is 14.2. The van der Waals surface area contributed by atoms with Gasteiger partial charge in [-0.25, -0.2) is 0 Å². The minimum absolute atomic E-state index is 0.419. The maximum absolute atomic E-state index is 5.99. The first-order chi connectivity index (χ1) is 10.1. The third kappa shape index (κ3) is 4.96. The summed E-state index contributed by atoms with van der Waals surface area (Å²) in [4.78, 5) is 5.03. The van der Waals surface area contributed by atoms with Crippen molar-refractivity contribution in [2.45, 2.75) is 32.4 Å². The van der Waals surface area contributed by atoms with Gasteiger partial charge in [0.2, 0.25) is 0 Å². The van der Waals surface area contributed by atoms with E-state index in [1.165, 1.54) is 25.2 Å². The van der Waals surface area contributed by atoms with Gasteiger partial charge in [-0.2, -0.15) is 0 Å². The molecule has 2 atom stereocenters. The average molecular weight is 310 g/mol. The highest BCUT2D eigenvalue weighted by Crippen LogP contribution is 2.20. The van der Waals surface area contributed by atoms with E-state index in [-0.39, 0.29) is 0 Å². The molecule has 1 aliphatic heterocycles. The Labute approximate surface area is 134 Å². The maximum atomic E-state index is 5.99. The molecule has 0 bridgehead atoms. The van der Waals surface area contributed by atoms with Crippen molar-refractivity contribution in [3.05, 3.63) is 34.9 Å². The lowest BCUT2D eigenvalue weighted by Gasteiger charge is -2.38. The quantitative estimate of drug-likeness (QED) is 0.871. The number of benzene rings is 1. The van der Waals surface area contributed by atoms with Gasteiger partial charge in [0.15, 0.2) is 0 Å². The van der Waals surface area contributed by atoms with Crippen LogP contribution in [0.2, 0.25) is 5.02 Å². The highest BCUT2D eigenvalue weighted by atomic mass is 35.5. The number of hydrogen-bond donors (Lipinski definition) is 1. The Balaban J connectivity index is 1.89. The van der Waals surface area contributed by atoms with Crippen LogP contribution < -0.4 is 5.32 Å². The summed E-state index contributed by atoms with van der Waals surface area (Å²) in [6.07, 6.45) is 1.14. The molecule has 1 aliphatic rings. The predicted molar refractivity (Wildman–Crippen MR) is 91.0 cm³/mol. The summed E-state index contributed by atoms with van der Waals surface area (Å²) >= 11 is 5.99. The fourth-order valence-electron chi connectivity index (χ4n) is 2.97. The second-order valence-corrected chi connectivity index (χ2v) is 6.52. The van der Waals surface area contributed by atoms with Gasteiger partial charge in [-0.05, 0) is 44.6 Å². The minimum atomic E-state index is 0.419. The normalized spacial score (nSPS) is 22.4. The fourth-order valence-corrected chi connectivity index (χ4v) is 3.09. The number of rotatable bonds is 6. The second-order valence-electron chi connectivity index (χ2n) is 6.08. The molecule has 0 amide bonds. The number of nitrogens with one attached hydrogen (secondary N) is 1. The standard InChI is InChI=1S/C17H28ClN3/c1-4-19-17(15-5-7-16(18)8-6-15)9-10-21-12-11-20(3)14(2)13-21/h5-8,14,17,19H,4,9-13H2,1-3H3. The second kappa shape index (κ2) is 8.14. The predicted octanol–water partition coefficient (Wildman–Crippen LogP) is 3.02. The van der Waals surface area contributed by atoms with Crippen LogP contribution in [0.15, 0.2) is 24.3 Å². The molecule has 0 spiro atoms. The lowest BCUT2D eigenvalue weighted by Crippen LogP contribution is -2.50. The molecule has 21 heavy (non-hydrogen) atoms. The van der Waals surface area contributed by atoms with E-state index in [0.717, 1.165) is 24.5 Å². The third-order valence-corrected chi connectivity index (χ3v) is 4.75. The van der Waals surface area contributed by atoms with Gasteiger partial charge in [0.05, 0.1) is 0 Å². The lowest BCUT2D eigenvalue weighted by atomic mass is 10.0. The summed E-state index contributed by atoms with van der Waals surface area (Å²) in [5.74, 6) is 0. The van der Waals surface area contributed by atoms with Gasteiger partial charge in [0, 0.05) is 43.3 Å². The molecule has 0 aromatic heterocycles. The number of likely N-dealkylation sites (N-methyl/N-ethyl adjacent to an activating group) is 1. The summed E-state index contributed by atoms with van der Waals surface area (Å²) in [7, 11) is 2.22.